The van der Waals surface area contributed by atoms with Crippen LogP contribution in [-0.2, 0) is 15.0 Å². The lowest BCUT2D eigenvalue weighted by atomic mass is 9.74. The lowest BCUT2D eigenvalue weighted by Gasteiger charge is -2.39. The Morgan fingerprint density at radius 3 is 2.29 bits per heavy atom. The zero-order valence-corrected chi connectivity index (χ0v) is 26.3. The van der Waals surface area contributed by atoms with Crippen molar-refractivity contribution >= 4 is 48.4 Å². The van der Waals surface area contributed by atoms with Gasteiger partial charge in [-0.15, -0.1) is 24.8 Å². The molecule has 42 heavy (non-hydrogen) atoms. The van der Waals surface area contributed by atoms with Crippen molar-refractivity contribution in [3.05, 3.63) is 71.8 Å². The first-order chi connectivity index (χ1) is 19.6. The molecule has 0 radical (unpaired) electrons. The molecule has 6 rings (SSSR count). The summed E-state index contributed by atoms with van der Waals surface area (Å²) in [6.45, 7) is 8.33. The molecule has 1 atom stereocenters. The van der Waals surface area contributed by atoms with E-state index in [1.807, 2.05) is 40.1 Å². The summed E-state index contributed by atoms with van der Waals surface area (Å²) in [6, 6.07) is 18.9. The van der Waals surface area contributed by atoms with Crippen LogP contribution in [0.4, 0.5) is 5.69 Å². The average Bonchev–Trinajstić information content (AvgIpc) is 3.56. The highest BCUT2D eigenvalue weighted by Gasteiger charge is 2.39. The summed E-state index contributed by atoms with van der Waals surface area (Å²) in [5.74, 6) is -0.0170. The first-order valence-electron chi connectivity index (χ1n) is 15.5. The number of hydrogen-bond acceptors (Lipinski definition) is 4. The number of likely N-dealkylation sites (tertiary alicyclic amines) is 3. The maximum absolute atomic E-state index is 13.8. The molecule has 3 aliphatic heterocycles. The lowest BCUT2D eigenvalue weighted by Crippen LogP contribution is -2.43. The third-order valence-corrected chi connectivity index (χ3v) is 9.72. The molecule has 3 saturated heterocycles. The average molecular weight is 614 g/mol. The number of halogens is 2. The maximum atomic E-state index is 13.8. The Hall–Kier alpha value is -2.38. The molecule has 3 heterocycles. The van der Waals surface area contributed by atoms with E-state index in [-0.39, 0.29) is 48.0 Å². The second-order valence-corrected chi connectivity index (χ2v) is 12.2. The molecule has 2 aromatic rings. The summed E-state index contributed by atoms with van der Waals surface area (Å²) in [5.41, 5.74) is 4.01. The molecule has 2 aromatic carbocycles. The van der Waals surface area contributed by atoms with Gasteiger partial charge in [-0.2, -0.15) is 0 Å². The molecule has 6 nitrogen and oxygen atoms in total. The molecule has 1 unspecified atom stereocenters. The van der Waals surface area contributed by atoms with Crippen LogP contribution in [0.25, 0.3) is 6.08 Å². The van der Waals surface area contributed by atoms with Crippen molar-refractivity contribution in [3.8, 4) is 0 Å². The Bertz CT molecular complexity index is 1210. The number of amides is 2. The highest BCUT2D eigenvalue weighted by Crippen LogP contribution is 2.43. The molecule has 4 aliphatic rings. The standard InChI is InChI=1S/C34H44N4O2.2ClH/c39-32-26-29(27-37(32)25-24-35-18-7-2-8-19-35)33(40)38(30-11-3-1-4-12-30)21-9-20-36-22-16-34(17-23-36)15-14-28-10-5-6-13-31(28)34;;/h1,3-6,10-15,29H,2,7-9,16-27H2;2*1H. The van der Waals surface area contributed by atoms with E-state index in [4.69, 9.17) is 0 Å². The smallest absolute Gasteiger partial charge is 0.232 e. The highest BCUT2D eigenvalue weighted by atomic mass is 35.5. The van der Waals surface area contributed by atoms with Gasteiger partial charge in [0, 0.05) is 43.7 Å². The normalized spacial score (nSPS) is 21.6. The van der Waals surface area contributed by atoms with Crippen LogP contribution < -0.4 is 4.90 Å². The molecule has 0 aromatic heterocycles. The van der Waals surface area contributed by atoms with Gasteiger partial charge < -0.3 is 19.6 Å². The van der Waals surface area contributed by atoms with Crippen LogP contribution in [0.5, 0.6) is 0 Å². The van der Waals surface area contributed by atoms with Gasteiger partial charge in [-0.1, -0.05) is 61.0 Å². The summed E-state index contributed by atoms with van der Waals surface area (Å²) >= 11 is 0. The molecular formula is C34H46Cl2N4O2. The van der Waals surface area contributed by atoms with Crippen molar-refractivity contribution in [2.24, 2.45) is 5.92 Å². The van der Waals surface area contributed by atoms with Crippen LogP contribution >= 0.6 is 24.8 Å². The molecule has 3 fully saturated rings. The number of hydrogen-bond donors (Lipinski definition) is 0. The Kier molecular flexibility index (Phi) is 11.5. The van der Waals surface area contributed by atoms with Crippen molar-refractivity contribution in [3.63, 3.8) is 0 Å². The second-order valence-electron chi connectivity index (χ2n) is 12.2. The number of nitrogens with zero attached hydrogens (tertiary/aromatic N) is 4. The van der Waals surface area contributed by atoms with Crippen LogP contribution in [0.3, 0.4) is 0 Å². The van der Waals surface area contributed by atoms with Crippen LogP contribution in [-0.4, -0.2) is 85.4 Å². The second kappa shape index (κ2) is 14.9. The van der Waals surface area contributed by atoms with E-state index in [0.29, 0.717) is 19.5 Å². The minimum Gasteiger partial charge on any atom is -0.341 e. The molecule has 2 amide bonds. The van der Waals surface area contributed by atoms with E-state index >= 15 is 0 Å². The van der Waals surface area contributed by atoms with Gasteiger partial charge in [-0.25, -0.2) is 0 Å². The highest BCUT2D eigenvalue weighted by molar-refractivity contribution is 5.99. The monoisotopic (exact) mass is 612 g/mol. The van der Waals surface area contributed by atoms with Crippen molar-refractivity contribution in [2.45, 2.75) is 50.4 Å². The van der Waals surface area contributed by atoms with Gasteiger partial charge in [0.25, 0.3) is 0 Å². The van der Waals surface area contributed by atoms with Crippen LogP contribution in [0.1, 0.15) is 56.1 Å². The van der Waals surface area contributed by atoms with Crippen molar-refractivity contribution in [1.29, 1.82) is 0 Å². The van der Waals surface area contributed by atoms with Crippen molar-refractivity contribution in [2.75, 3.05) is 63.8 Å². The van der Waals surface area contributed by atoms with Crippen molar-refractivity contribution in [1.82, 2.24) is 14.7 Å². The predicted molar refractivity (Wildman–Crippen MR) is 176 cm³/mol. The minimum absolute atomic E-state index is 0. The summed E-state index contributed by atoms with van der Waals surface area (Å²) in [4.78, 5) is 35.6. The number of para-hydroxylation sites is 1. The third kappa shape index (κ3) is 7.21. The SMILES string of the molecule is Cl.Cl.O=C1CC(C(=O)N(CCCN2CCC3(C=Cc4ccccc43)CC2)c2ccccc2)CN1CCN1CCCCC1. The molecule has 8 heteroatoms. The molecule has 1 spiro atoms. The molecule has 228 valence electrons. The number of fused-ring (bicyclic) bond motifs is 2. The quantitative estimate of drug-likeness (QED) is 0.367. The van der Waals surface area contributed by atoms with Crippen LogP contribution in [0.15, 0.2) is 60.7 Å². The van der Waals surface area contributed by atoms with Gasteiger partial charge in [-0.3, -0.25) is 9.59 Å². The first kappa shape index (κ1) is 32.5. The molecule has 0 saturated carbocycles. The predicted octanol–water partition coefficient (Wildman–Crippen LogP) is 5.65. The fourth-order valence-electron chi connectivity index (χ4n) is 7.29. The Morgan fingerprint density at radius 2 is 1.52 bits per heavy atom. The van der Waals surface area contributed by atoms with Gasteiger partial charge in [0.2, 0.25) is 11.8 Å². The van der Waals surface area contributed by atoms with Gasteiger partial charge in [0.1, 0.15) is 0 Å². The van der Waals surface area contributed by atoms with E-state index in [9.17, 15) is 9.59 Å². The molecule has 0 bridgehead atoms. The lowest BCUT2D eigenvalue weighted by molar-refractivity contribution is -0.128. The summed E-state index contributed by atoms with van der Waals surface area (Å²) in [5, 5.41) is 0. The number of carbonyl (C=O) groups is 2. The van der Waals surface area contributed by atoms with Crippen LogP contribution in [0, 0.1) is 5.92 Å². The fourth-order valence-corrected chi connectivity index (χ4v) is 7.29. The number of rotatable bonds is 9. The zero-order valence-electron chi connectivity index (χ0n) is 24.7. The molecule has 1 aliphatic carbocycles. The van der Waals surface area contributed by atoms with Gasteiger partial charge >= 0.3 is 0 Å². The van der Waals surface area contributed by atoms with Gasteiger partial charge in [0.05, 0.1) is 5.92 Å². The zero-order chi connectivity index (χ0) is 27.4. The van der Waals surface area contributed by atoms with E-state index < -0.39 is 0 Å². The number of carbonyl (C=O) groups excluding carboxylic acids is 2. The summed E-state index contributed by atoms with van der Waals surface area (Å²) in [6.07, 6.45) is 12.1. The Labute approximate surface area is 263 Å². The van der Waals surface area contributed by atoms with Crippen molar-refractivity contribution < 1.29 is 9.59 Å². The Morgan fingerprint density at radius 1 is 0.833 bits per heavy atom. The van der Waals surface area contributed by atoms with E-state index in [1.54, 1.807) is 0 Å². The Balaban J connectivity index is 0.00000202. The molecule has 0 N–H and O–H groups in total. The maximum Gasteiger partial charge on any atom is 0.232 e. The summed E-state index contributed by atoms with van der Waals surface area (Å²) < 4.78 is 0. The van der Waals surface area contributed by atoms with Gasteiger partial charge in [-0.05, 0) is 88.1 Å². The minimum atomic E-state index is -0.252. The number of allylic oxidation sites excluding steroid dienone is 1. The summed E-state index contributed by atoms with van der Waals surface area (Å²) in [7, 11) is 0. The first-order valence-corrected chi connectivity index (χ1v) is 15.5. The number of benzene rings is 2. The van der Waals surface area contributed by atoms with E-state index in [1.165, 1.54) is 30.4 Å². The topological polar surface area (TPSA) is 47.1 Å². The number of piperidine rings is 2. The van der Waals surface area contributed by atoms with E-state index in [0.717, 1.165) is 70.8 Å². The van der Waals surface area contributed by atoms with Crippen LogP contribution in [0.2, 0.25) is 0 Å². The molecular weight excluding hydrogens is 567 g/mol. The number of anilines is 1. The van der Waals surface area contributed by atoms with Gasteiger partial charge in [0.15, 0.2) is 0 Å². The third-order valence-electron chi connectivity index (χ3n) is 9.72. The largest absolute Gasteiger partial charge is 0.341 e. The van der Waals surface area contributed by atoms with E-state index in [2.05, 4.69) is 46.2 Å². The fraction of sp³-hybridized carbons (Fsp3) is 0.529.